The summed E-state index contributed by atoms with van der Waals surface area (Å²) in [5, 5.41) is 2.86. The van der Waals surface area contributed by atoms with Crippen LogP contribution in [0, 0.1) is 0 Å². The summed E-state index contributed by atoms with van der Waals surface area (Å²) >= 11 is 0. The first-order valence-corrected chi connectivity index (χ1v) is 11.6. The third kappa shape index (κ3) is 6.66. The third-order valence-corrected chi connectivity index (χ3v) is 5.73. The van der Waals surface area contributed by atoms with Crippen molar-refractivity contribution in [3.63, 3.8) is 0 Å². The van der Waals surface area contributed by atoms with E-state index in [4.69, 9.17) is 14.2 Å². The Morgan fingerprint density at radius 3 is 2.17 bits per heavy atom. The lowest BCUT2D eigenvalue weighted by Gasteiger charge is -2.32. The standard InChI is InChI=1S/C29H32N2O5/c1-5-17-30-29(33)28(23-9-7-6-8-10-23)31(20-21-11-14-24(34-2)15-12-21)27(32)19-22-13-16-25(35-3)26(18-22)36-4/h5-16,18,28H,1,17,19-20H2,2-4H3,(H,30,33). The average Bonchev–Trinajstić information content (AvgIpc) is 2.92. The first kappa shape index (κ1) is 26.3. The molecule has 2 amide bonds. The van der Waals surface area contributed by atoms with Gasteiger partial charge in [0.2, 0.25) is 11.8 Å². The van der Waals surface area contributed by atoms with E-state index >= 15 is 0 Å². The second kappa shape index (κ2) is 13.0. The minimum atomic E-state index is -0.833. The number of ether oxygens (including phenoxy) is 3. The number of benzene rings is 3. The van der Waals surface area contributed by atoms with Crippen LogP contribution in [0.2, 0.25) is 0 Å². The molecule has 0 radical (unpaired) electrons. The smallest absolute Gasteiger partial charge is 0.247 e. The third-order valence-electron chi connectivity index (χ3n) is 5.73. The van der Waals surface area contributed by atoms with Gasteiger partial charge in [0, 0.05) is 13.1 Å². The fraction of sp³-hybridized carbons (Fsp3) is 0.241. The Labute approximate surface area is 212 Å². The highest BCUT2D eigenvalue weighted by molar-refractivity contribution is 5.89. The van der Waals surface area contributed by atoms with Crippen LogP contribution in [0.5, 0.6) is 17.2 Å². The monoisotopic (exact) mass is 488 g/mol. The van der Waals surface area contributed by atoms with Crippen molar-refractivity contribution in [2.75, 3.05) is 27.9 Å². The maximum atomic E-state index is 13.8. The van der Waals surface area contributed by atoms with Crippen LogP contribution in [0.3, 0.4) is 0 Å². The van der Waals surface area contributed by atoms with Crippen molar-refractivity contribution >= 4 is 11.8 Å². The Morgan fingerprint density at radius 2 is 1.56 bits per heavy atom. The van der Waals surface area contributed by atoms with Crippen LogP contribution in [0.1, 0.15) is 22.7 Å². The number of nitrogens with one attached hydrogen (secondary N) is 1. The van der Waals surface area contributed by atoms with E-state index in [1.54, 1.807) is 44.4 Å². The van der Waals surface area contributed by atoms with Crippen molar-refractivity contribution in [3.05, 3.63) is 102 Å². The van der Waals surface area contributed by atoms with Gasteiger partial charge in [0.1, 0.15) is 11.8 Å². The predicted molar refractivity (Wildman–Crippen MR) is 139 cm³/mol. The van der Waals surface area contributed by atoms with Gasteiger partial charge in [-0.2, -0.15) is 0 Å². The van der Waals surface area contributed by atoms with E-state index in [9.17, 15) is 9.59 Å². The lowest BCUT2D eigenvalue weighted by atomic mass is 10.0. The van der Waals surface area contributed by atoms with E-state index < -0.39 is 6.04 Å². The second-order valence-corrected chi connectivity index (χ2v) is 8.08. The summed E-state index contributed by atoms with van der Waals surface area (Å²) in [5.74, 6) is 1.34. The van der Waals surface area contributed by atoms with Crippen molar-refractivity contribution < 1.29 is 23.8 Å². The molecule has 3 aromatic carbocycles. The normalized spacial score (nSPS) is 11.2. The number of carbonyl (C=O) groups is 2. The first-order valence-electron chi connectivity index (χ1n) is 11.6. The molecule has 188 valence electrons. The zero-order valence-electron chi connectivity index (χ0n) is 20.9. The zero-order chi connectivity index (χ0) is 25.9. The van der Waals surface area contributed by atoms with Crippen LogP contribution in [0.25, 0.3) is 0 Å². The van der Waals surface area contributed by atoms with Crippen molar-refractivity contribution in [1.82, 2.24) is 10.2 Å². The van der Waals surface area contributed by atoms with Crippen LogP contribution < -0.4 is 19.5 Å². The number of carbonyl (C=O) groups excluding carboxylic acids is 2. The molecule has 1 N–H and O–H groups in total. The molecule has 0 aliphatic heterocycles. The van der Waals surface area contributed by atoms with Gasteiger partial charge in [0.15, 0.2) is 11.5 Å². The summed E-state index contributed by atoms with van der Waals surface area (Å²) in [7, 11) is 4.71. The topological polar surface area (TPSA) is 77.1 Å². The van der Waals surface area contributed by atoms with E-state index in [1.165, 1.54) is 0 Å². The Morgan fingerprint density at radius 1 is 0.889 bits per heavy atom. The molecule has 0 saturated heterocycles. The van der Waals surface area contributed by atoms with E-state index in [0.29, 0.717) is 29.4 Å². The molecule has 7 heteroatoms. The molecule has 0 aromatic heterocycles. The molecule has 0 heterocycles. The largest absolute Gasteiger partial charge is 0.497 e. The number of amides is 2. The SMILES string of the molecule is C=CCNC(=O)C(c1ccccc1)N(Cc1ccc(OC)cc1)C(=O)Cc1ccc(OC)c(OC)c1. The van der Waals surface area contributed by atoms with Crippen molar-refractivity contribution in [2.45, 2.75) is 19.0 Å². The molecule has 0 fully saturated rings. The van der Waals surface area contributed by atoms with E-state index in [-0.39, 0.29) is 24.8 Å². The molecule has 0 saturated carbocycles. The summed E-state index contributed by atoms with van der Waals surface area (Å²) in [5.41, 5.74) is 2.33. The quantitative estimate of drug-likeness (QED) is 0.384. The number of methoxy groups -OCH3 is 3. The Kier molecular flexibility index (Phi) is 9.51. The molecule has 0 aliphatic rings. The average molecular weight is 489 g/mol. The minimum absolute atomic E-state index is 0.0780. The second-order valence-electron chi connectivity index (χ2n) is 8.08. The summed E-state index contributed by atoms with van der Waals surface area (Å²) in [6.07, 6.45) is 1.69. The van der Waals surface area contributed by atoms with Crippen LogP contribution in [0.4, 0.5) is 0 Å². The number of hydrogen-bond acceptors (Lipinski definition) is 5. The lowest BCUT2D eigenvalue weighted by Crippen LogP contribution is -2.44. The molecule has 36 heavy (non-hydrogen) atoms. The van der Waals surface area contributed by atoms with Gasteiger partial charge in [-0.05, 0) is 41.0 Å². The van der Waals surface area contributed by atoms with Gasteiger partial charge < -0.3 is 24.4 Å². The summed E-state index contributed by atoms with van der Waals surface area (Å²) in [6, 6.07) is 21.3. The maximum absolute atomic E-state index is 13.8. The number of nitrogens with zero attached hydrogens (tertiary/aromatic N) is 1. The molecule has 0 spiro atoms. The fourth-order valence-corrected chi connectivity index (χ4v) is 3.90. The maximum Gasteiger partial charge on any atom is 0.247 e. The molecule has 3 aromatic rings. The fourth-order valence-electron chi connectivity index (χ4n) is 3.90. The molecule has 3 rings (SSSR count). The molecular weight excluding hydrogens is 456 g/mol. The van der Waals surface area contributed by atoms with Crippen molar-refractivity contribution in [3.8, 4) is 17.2 Å². The van der Waals surface area contributed by atoms with E-state index in [1.807, 2.05) is 60.7 Å². The summed E-state index contributed by atoms with van der Waals surface area (Å²) in [4.78, 5) is 28.8. The Bertz CT molecular complexity index is 1160. The first-order chi connectivity index (χ1) is 17.5. The molecule has 0 bridgehead atoms. The van der Waals surface area contributed by atoms with Gasteiger partial charge in [0.25, 0.3) is 0 Å². The lowest BCUT2D eigenvalue weighted by molar-refractivity contribution is -0.141. The van der Waals surface area contributed by atoms with E-state index in [0.717, 1.165) is 11.1 Å². The zero-order valence-corrected chi connectivity index (χ0v) is 20.9. The minimum Gasteiger partial charge on any atom is -0.497 e. The molecule has 0 aliphatic carbocycles. The van der Waals surface area contributed by atoms with E-state index in [2.05, 4.69) is 11.9 Å². The van der Waals surface area contributed by atoms with Gasteiger partial charge in [-0.25, -0.2) is 0 Å². The Balaban J connectivity index is 2.00. The van der Waals surface area contributed by atoms with Gasteiger partial charge in [-0.3, -0.25) is 9.59 Å². The Hall–Kier alpha value is -4.26. The van der Waals surface area contributed by atoms with Crippen LogP contribution in [-0.2, 0) is 22.6 Å². The predicted octanol–water partition coefficient (Wildman–Crippen LogP) is 4.33. The van der Waals surface area contributed by atoms with Crippen molar-refractivity contribution in [1.29, 1.82) is 0 Å². The molecular formula is C29H32N2O5. The van der Waals surface area contributed by atoms with Crippen LogP contribution in [-0.4, -0.2) is 44.6 Å². The summed E-state index contributed by atoms with van der Waals surface area (Å²) < 4.78 is 16.0. The molecule has 1 atom stereocenters. The number of hydrogen-bond donors (Lipinski definition) is 1. The van der Waals surface area contributed by atoms with Gasteiger partial charge in [-0.1, -0.05) is 54.6 Å². The highest BCUT2D eigenvalue weighted by Gasteiger charge is 2.31. The molecule has 7 nitrogen and oxygen atoms in total. The van der Waals surface area contributed by atoms with Gasteiger partial charge in [0.05, 0.1) is 27.8 Å². The van der Waals surface area contributed by atoms with Crippen LogP contribution in [0.15, 0.2) is 85.5 Å². The van der Waals surface area contributed by atoms with Gasteiger partial charge >= 0.3 is 0 Å². The van der Waals surface area contributed by atoms with Gasteiger partial charge in [-0.15, -0.1) is 6.58 Å². The summed E-state index contributed by atoms with van der Waals surface area (Å²) in [6.45, 7) is 4.21. The number of rotatable bonds is 12. The highest BCUT2D eigenvalue weighted by Crippen LogP contribution is 2.29. The highest BCUT2D eigenvalue weighted by atomic mass is 16.5. The molecule has 1 unspecified atom stereocenters. The van der Waals surface area contributed by atoms with Crippen LogP contribution >= 0.6 is 0 Å². The van der Waals surface area contributed by atoms with Crippen molar-refractivity contribution in [2.24, 2.45) is 0 Å².